The van der Waals surface area contributed by atoms with Crippen LogP contribution in [0.1, 0.15) is 26.2 Å². The Kier molecular flexibility index (Phi) is 4.98. The van der Waals surface area contributed by atoms with Gasteiger partial charge in [-0.1, -0.05) is 6.92 Å². The van der Waals surface area contributed by atoms with E-state index in [2.05, 4.69) is 11.9 Å². The molecule has 1 amide bonds. The van der Waals surface area contributed by atoms with Gasteiger partial charge >= 0.3 is 0 Å². The number of aliphatic imine (C=N–C) groups is 1. The Morgan fingerprint density at radius 2 is 2.38 bits per heavy atom. The largest absolute Gasteiger partial charge is 0.384 e. The number of hydrogen-bond acceptors (Lipinski definition) is 3. The molecule has 0 bridgehead atoms. The zero-order valence-electron chi connectivity index (χ0n) is 9.80. The zero-order chi connectivity index (χ0) is 12.0. The van der Waals surface area contributed by atoms with Gasteiger partial charge in [0.1, 0.15) is 12.1 Å². The van der Waals surface area contributed by atoms with Crippen molar-refractivity contribution in [3.63, 3.8) is 0 Å². The fourth-order valence-electron chi connectivity index (χ4n) is 1.64. The molecule has 16 heavy (non-hydrogen) atoms. The number of ether oxygens (including phenoxy) is 1. The summed E-state index contributed by atoms with van der Waals surface area (Å²) in [6, 6.07) is 0. The zero-order valence-corrected chi connectivity index (χ0v) is 9.80. The highest BCUT2D eigenvalue weighted by Gasteiger charge is 2.27. The van der Waals surface area contributed by atoms with Crippen LogP contribution in [-0.2, 0) is 9.53 Å². The van der Waals surface area contributed by atoms with Crippen LogP contribution in [0.3, 0.4) is 0 Å². The molecule has 0 radical (unpaired) electrons. The highest BCUT2D eigenvalue weighted by atomic mass is 16.5. The van der Waals surface area contributed by atoms with Gasteiger partial charge in [0.15, 0.2) is 0 Å². The Morgan fingerprint density at radius 1 is 1.62 bits per heavy atom. The van der Waals surface area contributed by atoms with Crippen LogP contribution >= 0.6 is 0 Å². The fraction of sp³-hybridized carbons (Fsp3) is 0.636. The number of carbonyl (C=O) groups excluding carboxylic acids is 1. The van der Waals surface area contributed by atoms with Crippen molar-refractivity contribution in [1.29, 1.82) is 0 Å². The summed E-state index contributed by atoms with van der Waals surface area (Å²) in [5, 5.41) is 0. The highest BCUT2D eigenvalue weighted by Crippen LogP contribution is 2.23. The third kappa shape index (κ3) is 3.34. The van der Waals surface area contributed by atoms with Gasteiger partial charge in [-0.05, 0) is 25.3 Å². The molecule has 1 heterocycles. The van der Waals surface area contributed by atoms with E-state index in [1.165, 1.54) is 4.90 Å². The van der Waals surface area contributed by atoms with E-state index in [1.807, 2.05) is 0 Å². The van der Waals surface area contributed by atoms with Crippen LogP contribution in [-0.4, -0.2) is 36.5 Å². The molecule has 1 aliphatic heterocycles. The Hall–Kier alpha value is -1.36. The van der Waals surface area contributed by atoms with Crippen molar-refractivity contribution in [2.75, 3.05) is 7.05 Å². The van der Waals surface area contributed by atoms with Gasteiger partial charge in [0.05, 0.1) is 6.10 Å². The topological polar surface area (TPSA) is 67.9 Å². The predicted octanol–water partition coefficient (Wildman–Crippen LogP) is 0.861. The van der Waals surface area contributed by atoms with Crippen LogP contribution in [0.5, 0.6) is 0 Å². The molecule has 90 valence electrons. The number of nitrogens with zero attached hydrogens (tertiary/aromatic N) is 2. The lowest BCUT2D eigenvalue weighted by Crippen LogP contribution is -2.30. The average molecular weight is 225 g/mol. The van der Waals surface area contributed by atoms with Crippen molar-refractivity contribution in [2.45, 2.75) is 38.5 Å². The van der Waals surface area contributed by atoms with Crippen LogP contribution in [0.25, 0.3) is 0 Å². The van der Waals surface area contributed by atoms with Crippen molar-refractivity contribution in [3.8, 4) is 0 Å². The number of rotatable bonds is 5. The predicted molar refractivity (Wildman–Crippen MR) is 62.8 cm³/mol. The van der Waals surface area contributed by atoms with Crippen molar-refractivity contribution in [1.82, 2.24) is 4.90 Å². The molecule has 2 atom stereocenters. The summed E-state index contributed by atoms with van der Waals surface area (Å²) in [7, 11) is 1.60. The van der Waals surface area contributed by atoms with Crippen molar-refractivity contribution >= 4 is 12.2 Å². The van der Waals surface area contributed by atoms with Gasteiger partial charge in [-0.25, -0.2) is 0 Å². The van der Waals surface area contributed by atoms with Gasteiger partial charge in [0.25, 0.3) is 0 Å². The summed E-state index contributed by atoms with van der Waals surface area (Å²) in [6.07, 6.45) is 6.89. The standard InChI is InChI=1S/C11H19N3O2/c1-3-9-4-5-11(16-9)14(8-15)7-6-10(12)13-2/h6-9,11H,3-5H2,1-2H3,(H2,12,13)/b7-6-. The van der Waals surface area contributed by atoms with Crippen LogP contribution in [0.4, 0.5) is 0 Å². The van der Waals surface area contributed by atoms with Gasteiger partial charge in [-0.3, -0.25) is 14.7 Å². The number of carbonyl (C=O) groups is 1. The first-order chi connectivity index (χ1) is 7.71. The first kappa shape index (κ1) is 12.7. The van der Waals surface area contributed by atoms with E-state index in [1.54, 1.807) is 19.3 Å². The minimum Gasteiger partial charge on any atom is -0.384 e. The number of hydrogen-bond donors (Lipinski definition) is 1. The molecular weight excluding hydrogens is 206 g/mol. The SMILES string of the molecule is CCC1CCC(N(C=O)/C=C\C(N)=NC)O1. The molecule has 1 aliphatic rings. The normalized spacial score (nSPS) is 26.2. The Bertz CT molecular complexity index is 289. The molecule has 0 aromatic carbocycles. The summed E-state index contributed by atoms with van der Waals surface area (Å²) in [5.41, 5.74) is 5.51. The molecule has 2 unspecified atom stereocenters. The third-order valence-corrected chi connectivity index (χ3v) is 2.67. The first-order valence-electron chi connectivity index (χ1n) is 5.50. The third-order valence-electron chi connectivity index (χ3n) is 2.67. The quantitative estimate of drug-likeness (QED) is 0.428. The molecule has 0 aliphatic carbocycles. The minimum atomic E-state index is -0.164. The smallest absolute Gasteiger partial charge is 0.215 e. The van der Waals surface area contributed by atoms with E-state index in [0.717, 1.165) is 25.7 Å². The second kappa shape index (κ2) is 6.27. The van der Waals surface area contributed by atoms with Crippen molar-refractivity contribution in [2.24, 2.45) is 10.7 Å². The first-order valence-corrected chi connectivity index (χ1v) is 5.50. The number of amidine groups is 1. The Balaban J connectivity index is 2.55. The fourth-order valence-corrected chi connectivity index (χ4v) is 1.64. The van der Waals surface area contributed by atoms with Crippen molar-refractivity contribution in [3.05, 3.63) is 12.3 Å². The number of nitrogens with two attached hydrogens (primary N) is 1. The van der Waals surface area contributed by atoms with E-state index < -0.39 is 0 Å². The van der Waals surface area contributed by atoms with Crippen LogP contribution < -0.4 is 5.73 Å². The highest BCUT2D eigenvalue weighted by molar-refractivity contribution is 5.91. The molecule has 0 aromatic rings. The summed E-state index contributed by atoms with van der Waals surface area (Å²) < 4.78 is 5.69. The van der Waals surface area contributed by atoms with Crippen LogP contribution in [0, 0.1) is 0 Å². The van der Waals surface area contributed by atoms with E-state index in [4.69, 9.17) is 10.5 Å². The van der Waals surface area contributed by atoms with Crippen molar-refractivity contribution < 1.29 is 9.53 Å². The molecule has 0 spiro atoms. The molecule has 1 rings (SSSR count). The van der Waals surface area contributed by atoms with Crippen LogP contribution in [0.2, 0.25) is 0 Å². The summed E-state index contributed by atoms with van der Waals surface area (Å²) in [4.78, 5) is 16.2. The van der Waals surface area contributed by atoms with Gasteiger partial charge in [0, 0.05) is 13.2 Å². The van der Waals surface area contributed by atoms with E-state index in [0.29, 0.717) is 5.84 Å². The summed E-state index contributed by atoms with van der Waals surface area (Å²) in [5.74, 6) is 0.386. The molecule has 0 aromatic heterocycles. The molecule has 2 N–H and O–H groups in total. The second-order valence-corrected chi connectivity index (χ2v) is 3.72. The maximum Gasteiger partial charge on any atom is 0.215 e. The van der Waals surface area contributed by atoms with Crippen LogP contribution in [0.15, 0.2) is 17.3 Å². The monoisotopic (exact) mass is 225 g/mol. The lowest BCUT2D eigenvalue weighted by Gasteiger charge is -2.20. The van der Waals surface area contributed by atoms with Gasteiger partial charge < -0.3 is 10.5 Å². The molecule has 0 saturated carbocycles. The summed E-state index contributed by atoms with van der Waals surface area (Å²) in [6.45, 7) is 2.08. The Morgan fingerprint density at radius 3 is 2.88 bits per heavy atom. The van der Waals surface area contributed by atoms with E-state index >= 15 is 0 Å². The maximum absolute atomic E-state index is 10.9. The van der Waals surface area contributed by atoms with Gasteiger partial charge in [0.2, 0.25) is 6.41 Å². The van der Waals surface area contributed by atoms with E-state index in [-0.39, 0.29) is 12.3 Å². The molecule has 1 fully saturated rings. The number of amides is 1. The molecular formula is C11H19N3O2. The molecule has 1 saturated heterocycles. The molecule has 5 nitrogen and oxygen atoms in total. The van der Waals surface area contributed by atoms with Gasteiger partial charge in [-0.2, -0.15) is 0 Å². The average Bonchev–Trinajstić information content (AvgIpc) is 2.78. The lowest BCUT2D eigenvalue weighted by molar-refractivity contribution is -0.126. The van der Waals surface area contributed by atoms with E-state index in [9.17, 15) is 4.79 Å². The van der Waals surface area contributed by atoms with Gasteiger partial charge in [-0.15, -0.1) is 0 Å². The lowest BCUT2D eigenvalue weighted by atomic mass is 10.2. The maximum atomic E-state index is 10.9. The summed E-state index contributed by atoms with van der Waals surface area (Å²) >= 11 is 0. The Labute approximate surface area is 96.0 Å². The minimum absolute atomic E-state index is 0.164. The molecule has 5 heteroatoms. The second-order valence-electron chi connectivity index (χ2n) is 3.72.